The van der Waals surface area contributed by atoms with Crippen molar-refractivity contribution in [1.82, 2.24) is 9.55 Å². The topological polar surface area (TPSA) is 17.8 Å². The number of hydrogen-bond acceptors (Lipinski definition) is 1. The Morgan fingerprint density at radius 1 is 1.20 bits per heavy atom. The second-order valence-electron chi connectivity index (χ2n) is 6.08. The number of halogens is 1. The summed E-state index contributed by atoms with van der Waals surface area (Å²) in [6, 6.07) is 8.94. The van der Waals surface area contributed by atoms with E-state index in [2.05, 4.69) is 58.6 Å². The van der Waals surface area contributed by atoms with E-state index in [0.717, 1.165) is 29.8 Å². The fourth-order valence-electron chi connectivity index (χ4n) is 3.00. The molecule has 1 aromatic heterocycles. The summed E-state index contributed by atoms with van der Waals surface area (Å²) in [5.41, 5.74) is 5.21. The number of hydrogen-bond donors (Lipinski definition) is 0. The predicted octanol–water partition coefficient (Wildman–Crippen LogP) is 4.85. The van der Waals surface area contributed by atoms with Crippen LogP contribution in [0.15, 0.2) is 29.0 Å². The van der Waals surface area contributed by atoms with Crippen molar-refractivity contribution in [3.8, 4) is 11.3 Å². The van der Waals surface area contributed by atoms with Crippen LogP contribution in [0.2, 0.25) is 0 Å². The molecule has 20 heavy (non-hydrogen) atoms. The minimum absolute atomic E-state index is 0.704. The van der Waals surface area contributed by atoms with Gasteiger partial charge >= 0.3 is 0 Å². The predicted molar refractivity (Wildman–Crippen MR) is 86.8 cm³/mol. The molecule has 0 N–H and O–H groups in total. The van der Waals surface area contributed by atoms with Crippen LogP contribution in [0.1, 0.15) is 37.9 Å². The maximum Gasteiger partial charge on any atom is 0.177 e. The highest BCUT2D eigenvalue weighted by Crippen LogP contribution is 2.31. The van der Waals surface area contributed by atoms with Crippen molar-refractivity contribution >= 4 is 15.9 Å². The number of fused-ring (bicyclic) bond motifs is 1. The maximum atomic E-state index is 4.73. The van der Waals surface area contributed by atoms with Gasteiger partial charge in [0.2, 0.25) is 0 Å². The van der Waals surface area contributed by atoms with Gasteiger partial charge in [-0.15, -0.1) is 0 Å². The molecule has 0 saturated heterocycles. The summed E-state index contributed by atoms with van der Waals surface area (Å²) >= 11 is 3.60. The van der Waals surface area contributed by atoms with Crippen molar-refractivity contribution in [2.45, 2.75) is 46.1 Å². The largest absolute Gasteiger partial charge is 0.322 e. The van der Waals surface area contributed by atoms with Crippen molar-refractivity contribution in [3.05, 3.63) is 40.3 Å². The molecule has 1 aliphatic heterocycles. The highest BCUT2D eigenvalue weighted by Gasteiger charge is 2.19. The van der Waals surface area contributed by atoms with Crippen LogP contribution in [-0.2, 0) is 19.4 Å². The first-order valence-electron chi connectivity index (χ1n) is 7.49. The lowest BCUT2D eigenvalue weighted by molar-refractivity contribution is 0.525. The molecule has 0 aliphatic carbocycles. The van der Waals surface area contributed by atoms with Gasteiger partial charge in [0, 0.05) is 17.8 Å². The zero-order chi connectivity index (χ0) is 14.1. The van der Waals surface area contributed by atoms with Crippen LogP contribution in [0.5, 0.6) is 0 Å². The van der Waals surface area contributed by atoms with Crippen LogP contribution in [0.4, 0.5) is 0 Å². The Morgan fingerprint density at radius 3 is 2.65 bits per heavy atom. The third-order valence-electron chi connectivity index (χ3n) is 3.94. The van der Waals surface area contributed by atoms with Crippen molar-refractivity contribution in [1.29, 1.82) is 0 Å². The lowest BCUT2D eigenvalue weighted by atomic mass is 9.99. The van der Waals surface area contributed by atoms with Gasteiger partial charge in [0.05, 0.1) is 5.69 Å². The number of rotatable bonds is 3. The summed E-state index contributed by atoms with van der Waals surface area (Å²) in [6.45, 7) is 5.61. The Hall–Kier alpha value is -1.09. The molecule has 0 atom stereocenters. The van der Waals surface area contributed by atoms with E-state index in [4.69, 9.17) is 4.98 Å². The van der Waals surface area contributed by atoms with E-state index in [0.29, 0.717) is 5.92 Å². The van der Waals surface area contributed by atoms with Gasteiger partial charge in [-0.3, -0.25) is 0 Å². The molecule has 3 rings (SSSR count). The fraction of sp³-hybridized carbons (Fsp3) is 0.471. The van der Waals surface area contributed by atoms with Crippen LogP contribution in [0, 0.1) is 5.92 Å². The van der Waals surface area contributed by atoms with Crippen LogP contribution in [0.25, 0.3) is 11.3 Å². The minimum atomic E-state index is 0.704. The molecule has 0 radical (unpaired) electrons. The highest BCUT2D eigenvalue weighted by atomic mass is 79.9. The van der Waals surface area contributed by atoms with Gasteiger partial charge in [0.1, 0.15) is 0 Å². The van der Waals surface area contributed by atoms with Gasteiger partial charge in [0.15, 0.2) is 4.73 Å². The highest BCUT2D eigenvalue weighted by molar-refractivity contribution is 9.10. The Morgan fingerprint density at radius 2 is 1.95 bits per heavy atom. The van der Waals surface area contributed by atoms with Crippen LogP contribution < -0.4 is 0 Å². The lowest BCUT2D eigenvalue weighted by Crippen LogP contribution is -2.10. The van der Waals surface area contributed by atoms with Gasteiger partial charge in [-0.1, -0.05) is 38.1 Å². The summed E-state index contributed by atoms with van der Waals surface area (Å²) in [4.78, 5) is 4.73. The summed E-state index contributed by atoms with van der Waals surface area (Å²) in [5, 5.41) is 0. The number of aromatic nitrogens is 2. The van der Waals surface area contributed by atoms with Gasteiger partial charge < -0.3 is 4.57 Å². The van der Waals surface area contributed by atoms with E-state index in [-0.39, 0.29) is 0 Å². The molecule has 2 heterocycles. The van der Waals surface area contributed by atoms with E-state index in [1.54, 1.807) is 0 Å². The number of imidazole rings is 1. The molecule has 0 amide bonds. The van der Waals surface area contributed by atoms with Crippen LogP contribution in [-0.4, -0.2) is 9.55 Å². The molecule has 0 unspecified atom stereocenters. The second kappa shape index (κ2) is 5.72. The van der Waals surface area contributed by atoms with Gasteiger partial charge in [-0.05, 0) is 53.1 Å². The molecule has 0 spiro atoms. The molecule has 1 aromatic carbocycles. The molecular weight excluding hydrogens is 312 g/mol. The van der Waals surface area contributed by atoms with E-state index in [1.807, 2.05) is 0 Å². The third kappa shape index (κ3) is 2.69. The van der Waals surface area contributed by atoms with Gasteiger partial charge in [-0.25, -0.2) is 4.98 Å². The molecule has 2 nitrogen and oxygen atoms in total. The van der Waals surface area contributed by atoms with E-state index >= 15 is 0 Å². The van der Waals surface area contributed by atoms with Crippen molar-refractivity contribution < 1.29 is 0 Å². The van der Waals surface area contributed by atoms with Crippen LogP contribution >= 0.6 is 15.9 Å². The zero-order valence-electron chi connectivity index (χ0n) is 12.2. The molecule has 106 valence electrons. The van der Waals surface area contributed by atoms with Crippen molar-refractivity contribution in [2.75, 3.05) is 0 Å². The average molecular weight is 333 g/mol. The maximum absolute atomic E-state index is 4.73. The van der Waals surface area contributed by atoms with Gasteiger partial charge in [0.25, 0.3) is 0 Å². The molecule has 2 aromatic rings. The van der Waals surface area contributed by atoms with Gasteiger partial charge in [-0.2, -0.15) is 0 Å². The Kier molecular flexibility index (Phi) is 3.97. The van der Waals surface area contributed by atoms with E-state index in [1.165, 1.54) is 29.7 Å². The smallest absolute Gasteiger partial charge is 0.177 e. The molecule has 0 fully saturated rings. The van der Waals surface area contributed by atoms with E-state index in [9.17, 15) is 0 Å². The first-order chi connectivity index (χ1) is 9.65. The third-order valence-corrected chi connectivity index (χ3v) is 4.55. The summed E-state index contributed by atoms with van der Waals surface area (Å²) in [7, 11) is 0. The molecule has 1 aliphatic rings. The Balaban J connectivity index is 1.93. The zero-order valence-corrected chi connectivity index (χ0v) is 13.8. The molecule has 0 saturated carbocycles. The van der Waals surface area contributed by atoms with E-state index < -0.39 is 0 Å². The fourth-order valence-corrected chi connectivity index (χ4v) is 3.57. The molecule has 3 heteroatoms. The molecular formula is C17H21BrN2. The second-order valence-corrected chi connectivity index (χ2v) is 6.79. The quantitative estimate of drug-likeness (QED) is 0.785. The number of benzene rings is 1. The first-order valence-corrected chi connectivity index (χ1v) is 8.28. The normalized spacial score (nSPS) is 14.6. The van der Waals surface area contributed by atoms with Crippen molar-refractivity contribution in [3.63, 3.8) is 0 Å². The monoisotopic (exact) mass is 332 g/mol. The summed E-state index contributed by atoms with van der Waals surface area (Å²) < 4.78 is 3.30. The standard InChI is InChI=1S/C17H21BrN2/c1-12(2)11-13-6-8-14(9-7-13)16-15-5-3-4-10-20(15)17(18)19-16/h6-9,12H,3-5,10-11H2,1-2H3. The SMILES string of the molecule is CC(C)Cc1ccc(-c2nc(Br)n3c2CCCC3)cc1. The number of nitrogens with zero attached hydrogens (tertiary/aromatic N) is 2. The average Bonchev–Trinajstić information content (AvgIpc) is 2.77. The summed E-state index contributed by atoms with van der Waals surface area (Å²) in [5.74, 6) is 0.704. The lowest BCUT2D eigenvalue weighted by Gasteiger charge is -2.16. The Labute approximate surface area is 129 Å². The first kappa shape index (κ1) is 13.9. The van der Waals surface area contributed by atoms with Crippen LogP contribution in [0.3, 0.4) is 0 Å². The van der Waals surface area contributed by atoms with Crippen molar-refractivity contribution in [2.24, 2.45) is 5.92 Å². The Bertz CT molecular complexity index is 596. The molecule has 0 bridgehead atoms. The minimum Gasteiger partial charge on any atom is -0.322 e. The summed E-state index contributed by atoms with van der Waals surface area (Å²) in [6.07, 6.45) is 4.82.